The molecule has 5 rings (SSSR count). The van der Waals surface area contributed by atoms with Gasteiger partial charge in [0.2, 0.25) is 0 Å². The van der Waals surface area contributed by atoms with Crippen LogP contribution in [0.5, 0.6) is 0 Å². The Bertz CT molecular complexity index is 1240. The van der Waals surface area contributed by atoms with Crippen LogP contribution < -0.4 is 4.90 Å². The predicted molar refractivity (Wildman–Crippen MR) is 112 cm³/mol. The van der Waals surface area contributed by atoms with Gasteiger partial charge in [-0.2, -0.15) is 0 Å². The number of ketones is 1. The SMILES string of the molecule is N#Cc1ccc2c(C(=O)c3c[se]c(-c4ccc(N5CCCC5)cc4)n3)coc2c1. The molecular formula is C23H17N3O2Se. The molecule has 2 aromatic carbocycles. The van der Waals surface area contributed by atoms with E-state index >= 15 is 0 Å². The number of carbonyl (C=O) groups excluding carboxylic acids is 1. The third-order valence-corrected chi connectivity index (χ3v) is 7.14. The van der Waals surface area contributed by atoms with Gasteiger partial charge in [-0.1, -0.05) is 0 Å². The first-order chi connectivity index (χ1) is 14.2. The second kappa shape index (κ2) is 7.36. The number of carbonyl (C=O) groups is 1. The average molecular weight is 446 g/mol. The van der Waals surface area contributed by atoms with Crippen LogP contribution in [0.3, 0.4) is 0 Å². The number of furan rings is 1. The van der Waals surface area contributed by atoms with Gasteiger partial charge >= 0.3 is 174 Å². The Labute approximate surface area is 173 Å². The zero-order chi connectivity index (χ0) is 19.8. The van der Waals surface area contributed by atoms with Crippen molar-refractivity contribution in [3.63, 3.8) is 0 Å². The van der Waals surface area contributed by atoms with Crippen molar-refractivity contribution in [1.29, 1.82) is 5.26 Å². The fourth-order valence-electron chi connectivity index (χ4n) is 3.71. The monoisotopic (exact) mass is 447 g/mol. The zero-order valence-electron chi connectivity index (χ0n) is 15.6. The first-order valence-electron chi connectivity index (χ1n) is 9.50. The molecule has 0 aliphatic carbocycles. The summed E-state index contributed by atoms with van der Waals surface area (Å²) in [5.74, 6) is -0.140. The van der Waals surface area contributed by atoms with E-state index in [1.807, 2.05) is 4.94 Å². The van der Waals surface area contributed by atoms with E-state index in [0.717, 1.165) is 23.2 Å². The van der Waals surface area contributed by atoms with E-state index in [1.54, 1.807) is 18.2 Å². The summed E-state index contributed by atoms with van der Waals surface area (Å²) in [5.41, 5.74) is 4.33. The summed E-state index contributed by atoms with van der Waals surface area (Å²) in [6.45, 7) is 2.25. The first-order valence-corrected chi connectivity index (χ1v) is 11.3. The Kier molecular flexibility index (Phi) is 4.55. The van der Waals surface area contributed by atoms with Crippen LogP contribution in [0.4, 0.5) is 5.69 Å². The van der Waals surface area contributed by atoms with Crippen molar-refractivity contribution in [3.05, 3.63) is 70.5 Å². The van der Waals surface area contributed by atoms with E-state index < -0.39 is 0 Å². The summed E-state index contributed by atoms with van der Waals surface area (Å²) in [5, 5.41) is 9.72. The molecule has 0 amide bonds. The molecule has 0 saturated carbocycles. The molecule has 0 atom stereocenters. The molecule has 1 saturated heterocycles. The predicted octanol–water partition coefficient (Wildman–Crippen LogP) is 4.25. The van der Waals surface area contributed by atoms with E-state index in [-0.39, 0.29) is 20.3 Å². The van der Waals surface area contributed by atoms with Crippen molar-refractivity contribution in [3.8, 4) is 16.2 Å². The molecule has 2 aromatic heterocycles. The van der Waals surface area contributed by atoms with Gasteiger partial charge in [0.25, 0.3) is 0 Å². The minimum atomic E-state index is -0.140. The normalized spacial score (nSPS) is 13.7. The van der Waals surface area contributed by atoms with Crippen LogP contribution in [0, 0.1) is 11.3 Å². The first kappa shape index (κ1) is 17.9. The molecule has 1 aliphatic rings. The number of nitrogens with zero attached hydrogens (tertiary/aromatic N) is 3. The van der Waals surface area contributed by atoms with Crippen LogP contribution in [-0.2, 0) is 0 Å². The van der Waals surface area contributed by atoms with Crippen LogP contribution in [-0.4, -0.2) is 38.4 Å². The molecule has 0 radical (unpaired) electrons. The molecule has 1 aliphatic heterocycles. The minimum absolute atomic E-state index is 0.0215. The number of rotatable bonds is 4. The third kappa shape index (κ3) is 3.29. The quantitative estimate of drug-likeness (QED) is 0.346. The van der Waals surface area contributed by atoms with E-state index in [0.29, 0.717) is 27.8 Å². The summed E-state index contributed by atoms with van der Waals surface area (Å²) in [6.07, 6.45) is 3.97. The van der Waals surface area contributed by atoms with Crippen molar-refractivity contribution in [2.45, 2.75) is 12.8 Å². The van der Waals surface area contributed by atoms with Crippen molar-refractivity contribution < 1.29 is 9.21 Å². The number of nitriles is 1. The zero-order valence-corrected chi connectivity index (χ0v) is 17.3. The summed E-state index contributed by atoms with van der Waals surface area (Å²) < 4.78 is 6.46. The maximum atomic E-state index is 13.0. The molecule has 29 heavy (non-hydrogen) atoms. The van der Waals surface area contributed by atoms with Crippen LogP contribution >= 0.6 is 0 Å². The van der Waals surface area contributed by atoms with E-state index in [4.69, 9.17) is 9.68 Å². The summed E-state index contributed by atoms with van der Waals surface area (Å²) in [7, 11) is 0. The molecule has 142 valence electrons. The summed E-state index contributed by atoms with van der Waals surface area (Å²) >= 11 is 0.0215. The molecule has 0 spiro atoms. The Morgan fingerprint density at radius 3 is 2.69 bits per heavy atom. The van der Waals surface area contributed by atoms with Gasteiger partial charge in [-0.05, 0) is 0 Å². The molecule has 4 aromatic rings. The molecule has 3 heterocycles. The van der Waals surface area contributed by atoms with E-state index in [9.17, 15) is 4.79 Å². The van der Waals surface area contributed by atoms with E-state index in [1.165, 1.54) is 24.8 Å². The number of hydrogen-bond acceptors (Lipinski definition) is 5. The summed E-state index contributed by atoms with van der Waals surface area (Å²) in [6, 6.07) is 15.7. The van der Waals surface area contributed by atoms with Crippen LogP contribution in [0.15, 0.2) is 58.1 Å². The van der Waals surface area contributed by atoms with Crippen LogP contribution in [0.25, 0.3) is 21.1 Å². The number of hydrogen-bond donors (Lipinski definition) is 0. The molecule has 0 N–H and O–H groups in total. The Balaban J connectivity index is 1.41. The topological polar surface area (TPSA) is 70.1 Å². The molecule has 1 fully saturated rings. The maximum absolute atomic E-state index is 13.0. The molecular weight excluding hydrogens is 429 g/mol. The molecule has 0 bridgehead atoms. The Hall–Kier alpha value is -3.13. The van der Waals surface area contributed by atoms with Gasteiger partial charge in [0.1, 0.15) is 0 Å². The van der Waals surface area contributed by atoms with Crippen molar-refractivity contribution in [1.82, 2.24) is 4.98 Å². The Morgan fingerprint density at radius 1 is 1.14 bits per heavy atom. The van der Waals surface area contributed by atoms with Gasteiger partial charge in [0.05, 0.1) is 0 Å². The van der Waals surface area contributed by atoms with Gasteiger partial charge in [-0.15, -0.1) is 0 Å². The fourth-order valence-corrected chi connectivity index (χ4v) is 5.40. The molecule has 6 heteroatoms. The van der Waals surface area contributed by atoms with Crippen molar-refractivity contribution in [2.75, 3.05) is 18.0 Å². The fraction of sp³-hybridized carbons (Fsp3) is 0.174. The van der Waals surface area contributed by atoms with Crippen LogP contribution in [0.1, 0.15) is 34.5 Å². The molecule has 5 nitrogen and oxygen atoms in total. The second-order valence-corrected chi connectivity index (χ2v) is 8.88. The van der Waals surface area contributed by atoms with Gasteiger partial charge in [-0.25, -0.2) is 0 Å². The standard InChI is InChI=1S/C23H17N3O2Se/c24-12-15-3-8-18-19(13-28-21(18)11-15)22(27)20-14-29-23(25-20)16-4-6-17(7-5-16)26-9-1-2-10-26/h3-8,11,13-14H,1-2,9-10H2. The van der Waals surface area contributed by atoms with Gasteiger partial charge in [0, 0.05) is 0 Å². The number of benzene rings is 2. The van der Waals surface area contributed by atoms with Gasteiger partial charge in [0.15, 0.2) is 0 Å². The number of anilines is 1. The number of aromatic nitrogens is 1. The summed E-state index contributed by atoms with van der Waals surface area (Å²) in [4.78, 5) is 21.9. The van der Waals surface area contributed by atoms with Crippen molar-refractivity contribution >= 4 is 36.9 Å². The van der Waals surface area contributed by atoms with E-state index in [2.05, 4.69) is 40.2 Å². The van der Waals surface area contributed by atoms with Crippen LogP contribution in [0.2, 0.25) is 0 Å². The number of fused-ring (bicyclic) bond motifs is 1. The molecule has 0 unspecified atom stereocenters. The van der Waals surface area contributed by atoms with Gasteiger partial charge < -0.3 is 0 Å². The Morgan fingerprint density at radius 2 is 1.93 bits per heavy atom. The average Bonchev–Trinajstić information content (AvgIpc) is 3.53. The third-order valence-electron chi connectivity index (χ3n) is 5.27. The van der Waals surface area contributed by atoms with Crippen molar-refractivity contribution in [2.24, 2.45) is 0 Å². The van der Waals surface area contributed by atoms with Gasteiger partial charge in [-0.3, -0.25) is 0 Å². The second-order valence-electron chi connectivity index (χ2n) is 7.08.